The van der Waals surface area contributed by atoms with Crippen LogP contribution in [0.3, 0.4) is 0 Å². The molecule has 0 saturated heterocycles. The smallest absolute Gasteiger partial charge is 0.244 e. The minimum absolute atomic E-state index is 0.0201. The van der Waals surface area contributed by atoms with Crippen molar-refractivity contribution in [2.45, 2.75) is 78.3 Å². The van der Waals surface area contributed by atoms with Gasteiger partial charge in [-0.3, -0.25) is 9.59 Å². The second-order valence-corrected chi connectivity index (χ2v) is 14.3. The van der Waals surface area contributed by atoms with Crippen LogP contribution >= 0.6 is 23.2 Å². The number of rotatable bonds is 9. The fourth-order valence-electron chi connectivity index (χ4n) is 5.07. The Balaban J connectivity index is 2.24. The molecule has 0 fully saturated rings. The summed E-state index contributed by atoms with van der Waals surface area (Å²) in [7, 11) is -4.07. The first-order valence-corrected chi connectivity index (χ1v) is 15.0. The van der Waals surface area contributed by atoms with Gasteiger partial charge in [0.25, 0.3) is 0 Å². The highest BCUT2D eigenvalue weighted by Gasteiger charge is 2.49. The maximum Gasteiger partial charge on any atom is 0.244 e. The predicted molar refractivity (Wildman–Crippen MR) is 154 cm³/mol. The predicted octanol–water partition coefficient (Wildman–Crippen LogP) is 7.60. The highest BCUT2D eigenvalue weighted by atomic mass is 35.5. The van der Waals surface area contributed by atoms with E-state index in [1.54, 1.807) is 55.5 Å². The van der Waals surface area contributed by atoms with Crippen LogP contribution in [0.5, 0.6) is 0 Å². The number of nitrogens with zero attached hydrogens (tertiary/aromatic N) is 1. The number of carbonyl (C=O) groups is 2. The minimum Gasteiger partial charge on any atom is -0.300 e. The highest BCUT2D eigenvalue weighted by Crippen LogP contribution is 2.48. The van der Waals surface area contributed by atoms with Crippen LogP contribution in [0.2, 0.25) is 10.0 Å². The summed E-state index contributed by atoms with van der Waals surface area (Å²) in [6.07, 6.45) is 2.38. The van der Waals surface area contributed by atoms with Crippen LogP contribution in [0, 0.1) is 24.2 Å². The van der Waals surface area contributed by atoms with E-state index in [1.165, 1.54) is 11.2 Å². The van der Waals surface area contributed by atoms with Crippen LogP contribution in [0.1, 0.15) is 71.6 Å². The summed E-state index contributed by atoms with van der Waals surface area (Å²) in [6.45, 7) is 13.1. The van der Waals surface area contributed by atoms with Gasteiger partial charge in [0.2, 0.25) is 10.0 Å². The number of ketones is 2. The number of carbonyl (C=O) groups excluding carboxylic acids is 2. The molecule has 2 aromatic carbocycles. The molecule has 206 valence electrons. The summed E-state index contributed by atoms with van der Waals surface area (Å²) in [4.78, 5) is 26.5. The van der Waals surface area contributed by atoms with Crippen LogP contribution in [0.15, 0.2) is 59.0 Å². The fraction of sp³-hybridized carbons (Fsp3) is 0.467. The van der Waals surface area contributed by atoms with Crippen molar-refractivity contribution in [3.8, 4) is 0 Å². The van der Waals surface area contributed by atoms with Crippen molar-refractivity contribution in [1.82, 2.24) is 4.31 Å². The van der Waals surface area contributed by atoms with E-state index >= 15 is 0 Å². The molecule has 1 heterocycles. The first kappa shape index (κ1) is 30.6. The third-order valence-corrected chi connectivity index (χ3v) is 9.79. The second kappa shape index (κ2) is 11.6. The standard InChI is InChI=1S/C30H37Cl2NO4S/c1-18(2)14-22(20(4)34)16-26(35)23-17-28(30(5,6)7)33(29(23)21-12-13-24(31)25(32)15-21)38(36,37)27-11-9-8-10-19(27)3/h8-13,15,17-18,22,28-29H,14,16H2,1-7H3/t22-,28+,29+/m1/s1. The van der Waals surface area contributed by atoms with E-state index < -0.39 is 33.4 Å². The summed E-state index contributed by atoms with van der Waals surface area (Å²) in [5, 5.41) is 0.601. The minimum atomic E-state index is -4.07. The van der Waals surface area contributed by atoms with Crippen molar-refractivity contribution in [2.75, 3.05) is 0 Å². The zero-order chi connectivity index (χ0) is 28.6. The second-order valence-electron chi connectivity index (χ2n) is 11.7. The number of aryl methyl sites for hydroxylation is 1. The van der Waals surface area contributed by atoms with Crippen LogP contribution in [0.4, 0.5) is 0 Å². The SMILES string of the molecule is CC(=O)[C@@H](CC(=O)C1=C[C@@H](C(C)(C)C)N(S(=O)(=O)c2ccccc2C)[C@H]1c1ccc(Cl)c(Cl)c1)CC(C)C. The van der Waals surface area contributed by atoms with Crippen molar-refractivity contribution < 1.29 is 18.0 Å². The molecule has 3 atom stereocenters. The molecule has 2 aromatic rings. The Morgan fingerprint density at radius 1 is 1.03 bits per heavy atom. The molecular weight excluding hydrogens is 541 g/mol. The quantitative estimate of drug-likeness (QED) is 0.307. The van der Waals surface area contributed by atoms with Crippen LogP contribution in [-0.2, 0) is 19.6 Å². The highest BCUT2D eigenvalue weighted by molar-refractivity contribution is 7.89. The van der Waals surface area contributed by atoms with Gasteiger partial charge in [0.15, 0.2) is 5.78 Å². The molecule has 0 N–H and O–H groups in total. The summed E-state index contributed by atoms with van der Waals surface area (Å²) in [5.41, 5.74) is 0.979. The molecule has 1 aliphatic rings. The van der Waals surface area contributed by atoms with Gasteiger partial charge in [-0.15, -0.1) is 0 Å². The fourth-order valence-corrected chi connectivity index (χ4v) is 7.52. The van der Waals surface area contributed by atoms with Gasteiger partial charge in [-0.05, 0) is 60.9 Å². The molecule has 0 saturated carbocycles. The van der Waals surface area contributed by atoms with Crippen LogP contribution in [0.25, 0.3) is 0 Å². The maximum atomic E-state index is 14.4. The largest absolute Gasteiger partial charge is 0.300 e. The molecule has 0 bridgehead atoms. The van der Waals surface area contributed by atoms with Gasteiger partial charge in [0.05, 0.1) is 21.0 Å². The molecule has 0 aromatic heterocycles. The molecule has 0 unspecified atom stereocenters. The van der Waals surface area contributed by atoms with Gasteiger partial charge in [-0.2, -0.15) is 4.31 Å². The average molecular weight is 579 g/mol. The lowest BCUT2D eigenvalue weighted by atomic mass is 9.85. The van der Waals surface area contributed by atoms with Gasteiger partial charge >= 0.3 is 0 Å². The Morgan fingerprint density at radius 2 is 1.66 bits per heavy atom. The van der Waals surface area contributed by atoms with Crippen molar-refractivity contribution in [2.24, 2.45) is 17.3 Å². The zero-order valence-corrected chi connectivity index (χ0v) is 25.4. The average Bonchev–Trinajstić information content (AvgIpc) is 3.22. The first-order valence-electron chi connectivity index (χ1n) is 12.8. The van der Waals surface area contributed by atoms with Crippen molar-refractivity contribution in [3.63, 3.8) is 0 Å². The first-order chi connectivity index (χ1) is 17.6. The van der Waals surface area contributed by atoms with E-state index in [2.05, 4.69) is 0 Å². The zero-order valence-electron chi connectivity index (χ0n) is 23.1. The van der Waals surface area contributed by atoms with Crippen molar-refractivity contribution in [3.05, 3.63) is 75.3 Å². The molecule has 0 amide bonds. The molecule has 0 spiro atoms. The lowest BCUT2D eigenvalue weighted by molar-refractivity contribution is -0.125. The maximum absolute atomic E-state index is 14.4. The van der Waals surface area contributed by atoms with Gasteiger partial charge < -0.3 is 0 Å². The topological polar surface area (TPSA) is 71.5 Å². The van der Waals surface area contributed by atoms with Gasteiger partial charge in [0.1, 0.15) is 5.78 Å². The molecule has 38 heavy (non-hydrogen) atoms. The molecule has 3 rings (SSSR count). The molecule has 0 aliphatic carbocycles. The molecule has 1 aliphatic heterocycles. The van der Waals surface area contributed by atoms with E-state index in [0.717, 1.165) is 0 Å². The van der Waals surface area contributed by atoms with E-state index in [1.807, 2.05) is 34.6 Å². The third kappa shape index (κ3) is 6.41. The Morgan fingerprint density at radius 3 is 2.18 bits per heavy atom. The van der Waals surface area contributed by atoms with E-state index in [0.29, 0.717) is 28.1 Å². The molecule has 8 heteroatoms. The number of benzene rings is 2. The lowest BCUT2D eigenvalue weighted by Crippen LogP contribution is -2.45. The third-order valence-electron chi connectivity index (χ3n) is 7.04. The normalized spacial score (nSPS) is 19.5. The number of Topliss-reactive ketones (excluding diaryl/α,β-unsaturated/α-hetero) is 2. The Hall–Kier alpha value is -1.99. The molecule has 0 radical (unpaired) electrons. The number of sulfonamides is 1. The van der Waals surface area contributed by atoms with Crippen LogP contribution in [-0.4, -0.2) is 30.3 Å². The monoisotopic (exact) mass is 577 g/mol. The Kier molecular flexibility index (Phi) is 9.35. The van der Waals surface area contributed by atoms with Crippen LogP contribution < -0.4 is 0 Å². The molecular formula is C30H37Cl2NO4S. The summed E-state index contributed by atoms with van der Waals surface area (Å²) in [5.74, 6) is -0.486. The number of hydrogen-bond acceptors (Lipinski definition) is 4. The molecule has 5 nitrogen and oxygen atoms in total. The van der Waals surface area contributed by atoms with Gasteiger partial charge in [-0.25, -0.2) is 8.42 Å². The Bertz CT molecular complexity index is 1360. The van der Waals surface area contributed by atoms with E-state index in [-0.39, 0.29) is 33.8 Å². The lowest BCUT2D eigenvalue weighted by Gasteiger charge is -2.37. The Labute approximate surface area is 237 Å². The van der Waals surface area contributed by atoms with Crippen molar-refractivity contribution in [1.29, 1.82) is 0 Å². The summed E-state index contributed by atoms with van der Waals surface area (Å²) >= 11 is 12.6. The summed E-state index contributed by atoms with van der Waals surface area (Å²) in [6, 6.07) is 10.2. The number of hydrogen-bond donors (Lipinski definition) is 0. The van der Waals surface area contributed by atoms with Gasteiger partial charge in [0, 0.05) is 24.0 Å². The van der Waals surface area contributed by atoms with E-state index in [9.17, 15) is 18.0 Å². The summed E-state index contributed by atoms with van der Waals surface area (Å²) < 4.78 is 30.2. The number of halogens is 2. The van der Waals surface area contributed by atoms with Gasteiger partial charge in [-0.1, -0.05) is 88.2 Å². The van der Waals surface area contributed by atoms with E-state index in [4.69, 9.17) is 23.2 Å². The van der Waals surface area contributed by atoms with Crippen molar-refractivity contribution >= 4 is 44.8 Å².